The fraction of sp³-hybridized carbons (Fsp3) is 0.360. The average molecular weight is 421 g/mol. The molecule has 162 valence electrons. The minimum atomic E-state index is -0.749. The summed E-state index contributed by atoms with van der Waals surface area (Å²) in [5.74, 6) is 1.60. The summed E-state index contributed by atoms with van der Waals surface area (Å²) >= 11 is 0. The summed E-state index contributed by atoms with van der Waals surface area (Å²) in [6.45, 7) is 2.54. The van der Waals surface area contributed by atoms with Gasteiger partial charge in [0.15, 0.2) is 0 Å². The molecule has 3 aromatic rings. The van der Waals surface area contributed by atoms with Crippen LogP contribution < -0.4 is 4.74 Å². The number of fused-ring (bicyclic) bond motifs is 1. The van der Waals surface area contributed by atoms with Crippen LogP contribution in [0, 0.1) is 0 Å². The topological polar surface area (TPSA) is 92.8 Å². The first kappa shape index (κ1) is 21.1. The van der Waals surface area contributed by atoms with E-state index < -0.39 is 5.97 Å². The van der Waals surface area contributed by atoms with Crippen molar-refractivity contribution in [3.05, 3.63) is 70.6 Å². The van der Waals surface area contributed by atoms with E-state index in [-0.39, 0.29) is 18.9 Å². The first-order valence-corrected chi connectivity index (χ1v) is 10.7. The zero-order valence-electron chi connectivity index (χ0n) is 17.6. The third kappa shape index (κ3) is 4.80. The summed E-state index contributed by atoms with van der Waals surface area (Å²) in [5.41, 5.74) is 4.95. The van der Waals surface area contributed by atoms with E-state index in [2.05, 4.69) is 4.98 Å². The molecule has 6 heteroatoms. The van der Waals surface area contributed by atoms with E-state index in [4.69, 9.17) is 14.3 Å². The number of carbonyl (C=O) groups is 1. The Kier molecular flexibility index (Phi) is 6.37. The fourth-order valence-corrected chi connectivity index (χ4v) is 4.19. The van der Waals surface area contributed by atoms with Crippen molar-refractivity contribution in [1.29, 1.82) is 0 Å². The van der Waals surface area contributed by atoms with Gasteiger partial charge >= 0.3 is 5.97 Å². The molecule has 1 aliphatic rings. The van der Waals surface area contributed by atoms with Crippen LogP contribution in [-0.2, 0) is 30.7 Å². The summed E-state index contributed by atoms with van der Waals surface area (Å²) in [4.78, 5) is 15.7. The largest absolute Gasteiger partial charge is 0.493 e. The molecule has 0 aliphatic heterocycles. The van der Waals surface area contributed by atoms with Gasteiger partial charge in [0, 0.05) is 18.4 Å². The van der Waals surface area contributed by atoms with E-state index in [1.54, 1.807) is 0 Å². The molecule has 4 rings (SSSR count). The summed E-state index contributed by atoms with van der Waals surface area (Å²) in [5, 5.41) is 18.3. The van der Waals surface area contributed by atoms with Gasteiger partial charge in [-0.05, 0) is 59.7 Å². The predicted molar refractivity (Wildman–Crippen MR) is 116 cm³/mol. The highest BCUT2D eigenvalue weighted by Crippen LogP contribution is 2.37. The van der Waals surface area contributed by atoms with Crippen LogP contribution in [-0.4, -0.2) is 27.8 Å². The Bertz CT molecular complexity index is 1050. The Labute approximate surface area is 181 Å². The maximum Gasteiger partial charge on any atom is 0.303 e. The highest BCUT2D eigenvalue weighted by molar-refractivity contribution is 5.68. The molecule has 0 saturated heterocycles. The number of aliphatic hydroxyl groups is 1. The second-order valence-electron chi connectivity index (χ2n) is 7.89. The third-order valence-corrected chi connectivity index (χ3v) is 5.83. The number of carboxylic acid groups (broad SMARTS) is 1. The summed E-state index contributed by atoms with van der Waals surface area (Å²) in [6.07, 6.45) is 3.35. The minimum absolute atomic E-state index is 0.0115. The molecule has 2 N–H and O–H groups in total. The number of aromatic nitrogens is 1. The molecule has 0 unspecified atom stereocenters. The number of aliphatic hydroxyl groups excluding tert-OH is 1. The van der Waals surface area contributed by atoms with E-state index >= 15 is 0 Å². The van der Waals surface area contributed by atoms with Gasteiger partial charge in [0.2, 0.25) is 5.89 Å². The van der Waals surface area contributed by atoms with Crippen LogP contribution in [0.3, 0.4) is 0 Å². The number of benzene rings is 2. The third-order valence-electron chi connectivity index (χ3n) is 5.83. The molecule has 1 aromatic heterocycles. The molecule has 0 amide bonds. The molecule has 1 atom stereocenters. The van der Waals surface area contributed by atoms with E-state index in [1.807, 2.05) is 49.4 Å². The van der Waals surface area contributed by atoms with E-state index in [0.29, 0.717) is 18.9 Å². The number of rotatable bonds is 9. The van der Waals surface area contributed by atoms with E-state index in [9.17, 15) is 9.90 Å². The second kappa shape index (κ2) is 9.35. The molecule has 0 fully saturated rings. The number of hydrogen-bond acceptors (Lipinski definition) is 5. The van der Waals surface area contributed by atoms with Crippen LogP contribution in [0.4, 0.5) is 0 Å². The lowest BCUT2D eigenvalue weighted by Crippen LogP contribution is -2.05. The van der Waals surface area contributed by atoms with Crippen molar-refractivity contribution in [2.75, 3.05) is 6.61 Å². The van der Waals surface area contributed by atoms with Crippen molar-refractivity contribution in [3.63, 3.8) is 0 Å². The maximum absolute atomic E-state index is 11.0. The number of aliphatic carboxylic acids is 1. The molecule has 0 bridgehead atoms. The molecule has 0 spiro atoms. The number of oxazole rings is 1. The monoisotopic (exact) mass is 421 g/mol. The van der Waals surface area contributed by atoms with Gasteiger partial charge in [-0.2, -0.15) is 0 Å². The van der Waals surface area contributed by atoms with Crippen LogP contribution in [0.5, 0.6) is 5.75 Å². The number of nitrogens with zero attached hydrogens (tertiary/aromatic N) is 1. The van der Waals surface area contributed by atoms with Crippen molar-refractivity contribution in [3.8, 4) is 17.2 Å². The normalized spacial score (nSPS) is 15.1. The first-order chi connectivity index (χ1) is 15.1. The van der Waals surface area contributed by atoms with Crippen molar-refractivity contribution >= 4 is 5.97 Å². The molecule has 2 aromatic carbocycles. The van der Waals surface area contributed by atoms with E-state index in [1.165, 1.54) is 5.56 Å². The van der Waals surface area contributed by atoms with Crippen LogP contribution in [0.15, 0.2) is 46.9 Å². The SMILES string of the molecule is CCc1oc(-c2ccc(CO)cc2)nc1CCOc1ccc2c(c1)CC[C@@H]2CC(=O)O. The second-order valence-corrected chi connectivity index (χ2v) is 7.89. The minimum Gasteiger partial charge on any atom is -0.493 e. The Hall–Kier alpha value is -3.12. The Morgan fingerprint density at radius 1 is 1.23 bits per heavy atom. The lowest BCUT2D eigenvalue weighted by Gasteiger charge is -2.10. The summed E-state index contributed by atoms with van der Waals surface area (Å²) < 4.78 is 11.9. The number of aryl methyl sites for hydroxylation is 2. The van der Waals surface area contributed by atoms with Crippen molar-refractivity contribution in [2.45, 2.75) is 51.6 Å². The Morgan fingerprint density at radius 2 is 2.03 bits per heavy atom. The van der Waals surface area contributed by atoms with Crippen molar-refractivity contribution in [2.24, 2.45) is 0 Å². The molecule has 31 heavy (non-hydrogen) atoms. The smallest absolute Gasteiger partial charge is 0.303 e. The highest BCUT2D eigenvalue weighted by Gasteiger charge is 2.25. The Balaban J connectivity index is 1.39. The zero-order valence-corrected chi connectivity index (χ0v) is 17.6. The van der Waals surface area contributed by atoms with Gasteiger partial charge in [-0.1, -0.05) is 25.1 Å². The van der Waals surface area contributed by atoms with E-state index in [0.717, 1.165) is 53.2 Å². The van der Waals surface area contributed by atoms with Gasteiger partial charge in [0.1, 0.15) is 11.5 Å². The van der Waals surface area contributed by atoms with Gasteiger partial charge in [-0.15, -0.1) is 0 Å². The fourth-order valence-electron chi connectivity index (χ4n) is 4.19. The molecule has 0 radical (unpaired) electrons. The molecule has 1 heterocycles. The Morgan fingerprint density at radius 3 is 2.74 bits per heavy atom. The number of carboxylic acids is 1. The zero-order chi connectivity index (χ0) is 21.8. The standard InChI is InChI=1S/C25H27NO5/c1-2-23-22(26-25(31-23)17-5-3-16(15-27)4-6-17)11-12-30-20-9-10-21-18(13-20)7-8-19(21)14-24(28)29/h3-6,9-10,13,19,27H,2,7-8,11-12,14-15H2,1H3,(H,28,29)/t19-/m1/s1. The molecule has 6 nitrogen and oxygen atoms in total. The summed E-state index contributed by atoms with van der Waals surface area (Å²) in [7, 11) is 0. The lowest BCUT2D eigenvalue weighted by atomic mass is 9.98. The van der Waals surface area contributed by atoms with Gasteiger partial charge in [0.25, 0.3) is 0 Å². The quantitative estimate of drug-likeness (QED) is 0.528. The molecule has 1 aliphatic carbocycles. The van der Waals surface area contributed by atoms with Crippen LogP contribution in [0.1, 0.15) is 53.8 Å². The van der Waals surface area contributed by atoms with Crippen LogP contribution in [0.2, 0.25) is 0 Å². The summed E-state index contributed by atoms with van der Waals surface area (Å²) in [6, 6.07) is 13.5. The number of ether oxygens (including phenoxy) is 1. The first-order valence-electron chi connectivity index (χ1n) is 10.7. The van der Waals surface area contributed by atoms with Gasteiger partial charge in [-0.3, -0.25) is 4.79 Å². The molecular formula is C25H27NO5. The molecular weight excluding hydrogens is 394 g/mol. The predicted octanol–water partition coefficient (Wildman–Crippen LogP) is 4.52. The van der Waals surface area contributed by atoms with Gasteiger partial charge < -0.3 is 19.4 Å². The molecule has 0 saturated carbocycles. The van der Waals surface area contributed by atoms with Crippen LogP contribution >= 0.6 is 0 Å². The highest BCUT2D eigenvalue weighted by atomic mass is 16.5. The van der Waals surface area contributed by atoms with Gasteiger partial charge in [-0.25, -0.2) is 4.98 Å². The average Bonchev–Trinajstić information content (AvgIpc) is 3.37. The van der Waals surface area contributed by atoms with Crippen LogP contribution in [0.25, 0.3) is 11.5 Å². The van der Waals surface area contributed by atoms with Crippen molar-refractivity contribution in [1.82, 2.24) is 4.98 Å². The number of hydrogen-bond donors (Lipinski definition) is 2. The maximum atomic E-state index is 11.0. The van der Waals surface area contributed by atoms with Gasteiger partial charge in [0.05, 0.1) is 25.3 Å². The lowest BCUT2D eigenvalue weighted by molar-refractivity contribution is -0.137. The van der Waals surface area contributed by atoms with Crippen molar-refractivity contribution < 1.29 is 24.2 Å².